The summed E-state index contributed by atoms with van der Waals surface area (Å²) in [7, 11) is -1.91. The summed E-state index contributed by atoms with van der Waals surface area (Å²) in [5.41, 5.74) is 4.07. The van der Waals surface area contributed by atoms with Crippen LogP contribution in [0, 0.1) is 6.92 Å². The van der Waals surface area contributed by atoms with Gasteiger partial charge in [0.25, 0.3) is 0 Å². The summed E-state index contributed by atoms with van der Waals surface area (Å²) in [5, 5.41) is 4.34. The molecular formula is C33H36NOP+2. The van der Waals surface area contributed by atoms with Crippen molar-refractivity contribution >= 4 is 35.1 Å². The molecular weight excluding hydrogens is 457 g/mol. The Kier molecular flexibility index (Phi) is 6.82. The van der Waals surface area contributed by atoms with Crippen LogP contribution in [0.5, 0.6) is 5.75 Å². The van der Waals surface area contributed by atoms with E-state index in [4.69, 9.17) is 4.74 Å². The summed E-state index contributed by atoms with van der Waals surface area (Å²) in [4.78, 5) is 0. The molecule has 0 amide bonds. The van der Waals surface area contributed by atoms with E-state index in [9.17, 15) is 0 Å². The van der Waals surface area contributed by atoms with Gasteiger partial charge in [-0.1, -0.05) is 60.2 Å². The molecule has 0 saturated heterocycles. The van der Waals surface area contributed by atoms with Crippen LogP contribution in [-0.2, 0) is 0 Å². The van der Waals surface area contributed by atoms with Gasteiger partial charge in [-0.2, -0.15) is 4.58 Å². The summed E-state index contributed by atoms with van der Waals surface area (Å²) in [5.74, 6) is 0.936. The molecule has 0 aliphatic carbocycles. The van der Waals surface area contributed by atoms with Crippen molar-refractivity contribution in [3.63, 3.8) is 0 Å². The van der Waals surface area contributed by atoms with E-state index in [1.807, 2.05) is 0 Å². The molecule has 0 fully saturated rings. The lowest BCUT2D eigenvalue weighted by Gasteiger charge is -2.38. The first-order valence-corrected chi connectivity index (χ1v) is 14.8. The van der Waals surface area contributed by atoms with E-state index in [1.54, 1.807) is 0 Å². The number of ether oxygens (including phenoxy) is 1. The highest BCUT2D eigenvalue weighted by Crippen LogP contribution is 2.64. The molecule has 2 atom stereocenters. The van der Waals surface area contributed by atoms with Crippen molar-refractivity contribution in [1.82, 2.24) is 0 Å². The molecule has 0 bridgehead atoms. The fraction of sp³-hybridized carbons (Fsp3) is 0.242. The van der Waals surface area contributed by atoms with E-state index in [0.29, 0.717) is 11.7 Å². The second-order valence-corrected chi connectivity index (χ2v) is 13.9. The van der Waals surface area contributed by atoms with E-state index in [0.717, 1.165) is 11.3 Å². The zero-order chi connectivity index (χ0) is 25.3. The molecule has 4 aromatic rings. The Morgan fingerprint density at radius 1 is 0.778 bits per heavy atom. The lowest BCUT2D eigenvalue weighted by Crippen LogP contribution is -2.50. The van der Waals surface area contributed by atoms with Crippen LogP contribution < -0.4 is 20.7 Å². The summed E-state index contributed by atoms with van der Waals surface area (Å²) in [6.07, 6.45) is 2.44. The minimum atomic E-state index is -1.91. The van der Waals surface area contributed by atoms with Gasteiger partial charge >= 0.3 is 0 Å². The molecule has 0 N–H and O–H groups in total. The van der Waals surface area contributed by atoms with Crippen LogP contribution >= 0.6 is 7.26 Å². The summed E-state index contributed by atoms with van der Waals surface area (Å²) >= 11 is 0. The van der Waals surface area contributed by atoms with Gasteiger partial charge in [0.2, 0.25) is 5.69 Å². The lowest BCUT2D eigenvalue weighted by atomic mass is 10.1. The Hall–Kier alpha value is -3.22. The molecule has 1 aliphatic heterocycles. The highest BCUT2D eigenvalue weighted by molar-refractivity contribution is 7.96. The smallest absolute Gasteiger partial charge is 0.248 e. The number of rotatable bonds is 5. The van der Waals surface area contributed by atoms with Crippen molar-refractivity contribution in [3.8, 4) is 5.75 Å². The number of nitrogens with zero attached hydrogens (tertiary/aromatic N) is 1. The van der Waals surface area contributed by atoms with Crippen LogP contribution in [0.25, 0.3) is 0 Å². The summed E-state index contributed by atoms with van der Waals surface area (Å²) in [6, 6.07) is 38.2. The van der Waals surface area contributed by atoms with Gasteiger partial charge in [0.1, 0.15) is 29.3 Å². The van der Waals surface area contributed by atoms with E-state index < -0.39 is 7.26 Å². The first-order chi connectivity index (χ1) is 17.4. The van der Waals surface area contributed by atoms with Gasteiger partial charge in [-0.15, -0.1) is 0 Å². The van der Waals surface area contributed by atoms with Crippen molar-refractivity contribution in [2.24, 2.45) is 0 Å². The quantitative estimate of drug-likeness (QED) is 0.225. The predicted octanol–water partition coefficient (Wildman–Crippen LogP) is 6.63. The first-order valence-electron chi connectivity index (χ1n) is 12.9. The van der Waals surface area contributed by atoms with Gasteiger partial charge in [-0.05, 0) is 70.2 Å². The van der Waals surface area contributed by atoms with Gasteiger partial charge in [0, 0.05) is 13.0 Å². The van der Waals surface area contributed by atoms with E-state index >= 15 is 0 Å². The minimum absolute atomic E-state index is 0.125. The number of fused-ring (bicyclic) bond motifs is 1. The van der Waals surface area contributed by atoms with Crippen LogP contribution in [0.3, 0.4) is 0 Å². The molecule has 0 saturated carbocycles. The fourth-order valence-electron chi connectivity index (χ4n) is 5.67. The number of para-hydroxylation sites is 1. The monoisotopic (exact) mass is 493 g/mol. The second-order valence-electron chi connectivity index (χ2n) is 10.1. The Balaban J connectivity index is 1.79. The molecule has 4 aromatic carbocycles. The molecule has 2 unspecified atom stereocenters. The maximum atomic E-state index is 6.22. The molecule has 0 aromatic heterocycles. The molecule has 0 radical (unpaired) electrons. The highest BCUT2D eigenvalue weighted by atomic mass is 31.2. The zero-order valence-electron chi connectivity index (χ0n) is 21.9. The average Bonchev–Trinajstić information content (AvgIpc) is 2.89. The van der Waals surface area contributed by atoms with Gasteiger partial charge in [0.05, 0.1) is 11.7 Å². The maximum Gasteiger partial charge on any atom is 0.248 e. The second kappa shape index (κ2) is 10.0. The normalized spacial score (nSPS) is 19.8. The third kappa shape index (κ3) is 4.18. The summed E-state index contributed by atoms with van der Waals surface area (Å²) < 4.78 is 8.71. The predicted molar refractivity (Wildman–Crippen MR) is 156 cm³/mol. The van der Waals surface area contributed by atoms with E-state index in [1.165, 1.54) is 27.2 Å². The van der Waals surface area contributed by atoms with E-state index in [2.05, 4.69) is 149 Å². The molecule has 0 spiro atoms. The highest BCUT2D eigenvalue weighted by Gasteiger charge is 2.61. The average molecular weight is 494 g/mol. The number of benzene rings is 4. The summed E-state index contributed by atoms with van der Waals surface area (Å²) in [6.45, 7) is 11.2. The molecule has 3 heteroatoms. The Labute approximate surface area is 216 Å². The number of hydrogen-bond acceptors (Lipinski definition) is 1. The topological polar surface area (TPSA) is 12.2 Å². The third-order valence-electron chi connectivity index (χ3n) is 7.42. The van der Waals surface area contributed by atoms with E-state index in [-0.39, 0.29) is 6.10 Å². The molecule has 1 heterocycles. The molecule has 2 nitrogen and oxygen atoms in total. The Morgan fingerprint density at radius 3 is 1.97 bits per heavy atom. The van der Waals surface area contributed by atoms with Crippen molar-refractivity contribution in [3.05, 3.63) is 114 Å². The molecule has 5 rings (SSSR count). The molecule has 36 heavy (non-hydrogen) atoms. The van der Waals surface area contributed by atoms with Gasteiger partial charge in [-0.3, -0.25) is 0 Å². The third-order valence-corrected chi connectivity index (χ3v) is 12.4. The van der Waals surface area contributed by atoms with Crippen LogP contribution in [0.4, 0.5) is 5.69 Å². The Bertz CT molecular complexity index is 1340. The van der Waals surface area contributed by atoms with Crippen molar-refractivity contribution in [1.29, 1.82) is 0 Å². The first kappa shape index (κ1) is 24.5. The lowest BCUT2D eigenvalue weighted by molar-refractivity contribution is -0.475. The van der Waals surface area contributed by atoms with Crippen LogP contribution in [0.2, 0.25) is 0 Å². The molecule has 1 aliphatic rings. The minimum Gasteiger partial charge on any atom is -0.490 e. The standard InChI is InChI=1S/C33H36NOP/c1-24(2)35-32-21-20-25(3)22-28(32)23-34-26(4)27(5)36(29-14-8-6-9-15-29,30-16-10-7-11-17-30)33-19-13-12-18-31(33)34/h6-24,26-27H,1-5H3/q+2. The van der Waals surface area contributed by atoms with Crippen molar-refractivity contribution in [2.45, 2.75) is 52.4 Å². The van der Waals surface area contributed by atoms with Gasteiger partial charge in [-0.25, -0.2) is 0 Å². The maximum absolute atomic E-state index is 6.22. The van der Waals surface area contributed by atoms with Crippen LogP contribution in [0.15, 0.2) is 103 Å². The largest absolute Gasteiger partial charge is 0.490 e. The molecule has 182 valence electrons. The SMILES string of the molecule is Cc1ccc(OC(C)C)c(C=[N+]2c3ccccc3[P+](c3ccccc3)(c3ccccc3)C(C)C2C)c1. The number of hydrogen-bond donors (Lipinski definition) is 0. The fourth-order valence-corrected chi connectivity index (χ4v) is 10.8. The zero-order valence-corrected chi connectivity index (χ0v) is 22.8. The van der Waals surface area contributed by atoms with Crippen molar-refractivity contribution in [2.75, 3.05) is 0 Å². The van der Waals surface area contributed by atoms with Gasteiger partial charge in [0.15, 0.2) is 17.6 Å². The van der Waals surface area contributed by atoms with Crippen LogP contribution in [-0.4, -0.2) is 28.6 Å². The number of aryl methyl sites for hydroxylation is 1. The Morgan fingerprint density at radius 2 is 1.36 bits per heavy atom. The van der Waals surface area contributed by atoms with Crippen molar-refractivity contribution < 1.29 is 9.31 Å². The van der Waals surface area contributed by atoms with Crippen LogP contribution in [0.1, 0.15) is 38.8 Å². The van der Waals surface area contributed by atoms with Gasteiger partial charge < -0.3 is 4.74 Å².